The van der Waals surface area contributed by atoms with Crippen LogP contribution in [0.25, 0.3) is 0 Å². The highest BCUT2D eigenvalue weighted by Crippen LogP contribution is 2.52. The van der Waals surface area contributed by atoms with Gasteiger partial charge in [0.05, 0.1) is 40.1 Å². The summed E-state index contributed by atoms with van der Waals surface area (Å²) in [5.74, 6) is -6.36. The lowest BCUT2D eigenvalue weighted by molar-refractivity contribution is -0.129. The van der Waals surface area contributed by atoms with Gasteiger partial charge in [0.2, 0.25) is 0 Å². The molecule has 0 aromatic heterocycles. The van der Waals surface area contributed by atoms with Crippen molar-refractivity contribution in [3.05, 3.63) is 58.4 Å². The standard InChI is InChI=1S/C26H29ClF3NO7S/c1-13(32)22(33)11-38-12-26(35)15-3-4-16(26)8-18(7-15)39(36,37)23-6-14(2-5-19(23)27)25(34)31-17-9-20(28)24(30)21(29)10-17/h2,5-6,9-10,13,15-16,18,22,32-33,35H,3-4,7-8,11-12H2,1H3,(H,31,34). The maximum absolute atomic E-state index is 13.6. The van der Waals surface area contributed by atoms with E-state index in [1.54, 1.807) is 0 Å². The summed E-state index contributed by atoms with van der Waals surface area (Å²) in [6.07, 6.45) is -0.710. The fraction of sp³-hybridized carbons (Fsp3) is 0.500. The van der Waals surface area contributed by atoms with Gasteiger partial charge in [-0.25, -0.2) is 21.6 Å². The zero-order chi connectivity index (χ0) is 28.7. The summed E-state index contributed by atoms with van der Waals surface area (Å²) in [5, 5.41) is 31.7. The number of sulfone groups is 1. The molecular weight excluding hydrogens is 563 g/mol. The van der Waals surface area contributed by atoms with Crippen LogP contribution in [0.5, 0.6) is 0 Å². The van der Waals surface area contributed by atoms with Crippen LogP contribution in [0, 0.1) is 29.3 Å². The molecule has 0 spiro atoms. The quantitative estimate of drug-likeness (QED) is 0.328. The van der Waals surface area contributed by atoms with Gasteiger partial charge in [0.25, 0.3) is 5.91 Å². The van der Waals surface area contributed by atoms with Crippen LogP contribution < -0.4 is 5.32 Å². The highest BCUT2D eigenvalue weighted by molar-refractivity contribution is 7.92. The molecule has 2 aliphatic rings. The largest absolute Gasteiger partial charge is 0.391 e. The number of ether oxygens (including phenoxy) is 1. The van der Waals surface area contributed by atoms with E-state index in [0.717, 1.165) is 6.07 Å². The van der Waals surface area contributed by atoms with Crippen molar-refractivity contribution in [2.24, 2.45) is 11.8 Å². The van der Waals surface area contributed by atoms with Crippen LogP contribution in [-0.2, 0) is 14.6 Å². The molecule has 2 bridgehead atoms. The maximum Gasteiger partial charge on any atom is 0.255 e. The van der Waals surface area contributed by atoms with Gasteiger partial charge >= 0.3 is 0 Å². The van der Waals surface area contributed by atoms with E-state index in [0.29, 0.717) is 25.0 Å². The molecular formula is C26H29ClF3NO7S. The summed E-state index contributed by atoms with van der Waals surface area (Å²) in [5.41, 5.74) is -1.79. The number of hydrogen-bond acceptors (Lipinski definition) is 7. The van der Waals surface area contributed by atoms with Crippen molar-refractivity contribution in [2.75, 3.05) is 18.5 Å². The van der Waals surface area contributed by atoms with Crippen molar-refractivity contribution in [2.45, 2.75) is 60.6 Å². The fourth-order valence-electron chi connectivity index (χ4n) is 5.45. The van der Waals surface area contributed by atoms with Crippen molar-refractivity contribution in [3.8, 4) is 0 Å². The topological polar surface area (TPSA) is 133 Å². The summed E-state index contributed by atoms with van der Waals surface area (Å²) in [6, 6.07) is 4.74. The van der Waals surface area contributed by atoms with Crippen molar-refractivity contribution in [1.29, 1.82) is 0 Å². The summed E-state index contributed by atoms with van der Waals surface area (Å²) in [6.45, 7) is 1.12. The first kappa shape index (κ1) is 29.8. The third-order valence-corrected chi connectivity index (χ3v) is 10.4. The molecule has 4 rings (SSSR count). The Labute approximate surface area is 228 Å². The third kappa shape index (κ3) is 5.96. The second kappa shape index (κ2) is 11.3. The number of halogens is 4. The molecule has 4 atom stereocenters. The molecule has 2 fully saturated rings. The normalized spacial score (nSPS) is 26.3. The van der Waals surface area contributed by atoms with Gasteiger partial charge in [-0.3, -0.25) is 4.79 Å². The Morgan fingerprint density at radius 2 is 1.72 bits per heavy atom. The molecule has 4 N–H and O–H groups in total. The zero-order valence-corrected chi connectivity index (χ0v) is 22.5. The molecule has 0 saturated heterocycles. The average molecular weight is 592 g/mol. The van der Waals surface area contributed by atoms with Gasteiger partial charge in [-0.2, -0.15) is 0 Å². The van der Waals surface area contributed by atoms with Crippen LogP contribution in [0.3, 0.4) is 0 Å². The highest BCUT2D eigenvalue weighted by atomic mass is 35.5. The van der Waals surface area contributed by atoms with Crippen LogP contribution in [0.2, 0.25) is 5.02 Å². The molecule has 2 aliphatic carbocycles. The van der Waals surface area contributed by atoms with E-state index in [-0.39, 0.29) is 47.2 Å². The smallest absolute Gasteiger partial charge is 0.255 e. The van der Waals surface area contributed by atoms with Crippen LogP contribution in [-0.4, -0.2) is 65.9 Å². The summed E-state index contributed by atoms with van der Waals surface area (Å²) in [7, 11) is -4.07. The molecule has 13 heteroatoms. The number of hydrogen-bond donors (Lipinski definition) is 4. The molecule has 0 radical (unpaired) electrons. The molecule has 8 nitrogen and oxygen atoms in total. The number of aliphatic hydroxyl groups is 3. The van der Waals surface area contributed by atoms with Gasteiger partial charge in [-0.1, -0.05) is 11.6 Å². The van der Waals surface area contributed by atoms with Gasteiger partial charge in [0.15, 0.2) is 27.3 Å². The minimum absolute atomic E-state index is 0.111. The van der Waals surface area contributed by atoms with Gasteiger partial charge in [0.1, 0.15) is 6.10 Å². The van der Waals surface area contributed by atoms with Crippen molar-refractivity contribution < 1.29 is 46.4 Å². The van der Waals surface area contributed by atoms with E-state index in [4.69, 9.17) is 16.3 Å². The van der Waals surface area contributed by atoms with E-state index in [1.807, 2.05) is 0 Å². The van der Waals surface area contributed by atoms with E-state index in [2.05, 4.69) is 5.32 Å². The van der Waals surface area contributed by atoms with Crippen molar-refractivity contribution in [1.82, 2.24) is 0 Å². The minimum atomic E-state index is -4.07. The summed E-state index contributed by atoms with van der Waals surface area (Å²) >= 11 is 6.23. The molecule has 39 heavy (non-hydrogen) atoms. The summed E-state index contributed by atoms with van der Waals surface area (Å²) in [4.78, 5) is 12.4. The number of carbonyl (C=O) groups excluding carboxylic acids is 1. The van der Waals surface area contributed by atoms with Gasteiger partial charge in [-0.15, -0.1) is 0 Å². The Balaban J connectivity index is 1.50. The Morgan fingerprint density at radius 1 is 1.13 bits per heavy atom. The van der Waals surface area contributed by atoms with Gasteiger partial charge in [-0.05, 0) is 62.6 Å². The Kier molecular flexibility index (Phi) is 8.65. The fourth-order valence-corrected chi connectivity index (χ4v) is 7.86. The predicted octanol–water partition coefficient (Wildman–Crippen LogP) is 3.46. The van der Waals surface area contributed by atoms with Crippen LogP contribution >= 0.6 is 11.6 Å². The molecule has 2 aromatic rings. The van der Waals surface area contributed by atoms with Crippen LogP contribution in [0.1, 0.15) is 43.0 Å². The highest BCUT2D eigenvalue weighted by Gasteiger charge is 2.56. The van der Waals surface area contributed by atoms with Crippen molar-refractivity contribution in [3.63, 3.8) is 0 Å². The predicted molar refractivity (Wildman–Crippen MR) is 136 cm³/mol. The third-order valence-electron chi connectivity index (χ3n) is 7.73. The number of rotatable bonds is 9. The zero-order valence-electron chi connectivity index (χ0n) is 20.9. The first-order valence-corrected chi connectivity index (χ1v) is 14.3. The Bertz CT molecular complexity index is 1320. The van der Waals surface area contributed by atoms with E-state index >= 15 is 0 Å². The first-order valence-electron chi connectivity index (χ1n) is 12.4. The minimum Gasteiger partial charge on any atom is -0.391 e. The average Bonchev–Trinajstić information content (AvgIpc) is 3.03. The maximum atomic E-state index is 13.6. The molecule has 0 heterocycles. The lowest BCUT2D eigenvalue weighted by Crippen LogP contribution is -2.51. The lowest BCUT2D eigenvalue weighted by atomic mass is 9.75. The second-order valence-electron chi connectivity index (χ2n) is 10.3. The number of aliphatic hydroxyl groups excluding tert-OH is 2. The number of anilines is 1. The molecule has 2 aromatic carbocycles. The lowest BCUT2D eigenvalue weighted by Gasteiger charge is -2.42. The molecule has 214 valence electrons. The molecule has 4 unspecified atom stereocenters. The van der Waals surface area contributed by atoms with E-state index in [9.17, 15) is 41.7 Å². The SMILES string of the molecule is CC(O)C(O)COCC1(O)C2CCC1CC(S(=O)(=O)c1cc(C(=O)Nc3cc(F)c(F)c(F)c3)ccc1Cl)C2. The molecule has 1 amide bonds. The number of nitrogens with one attached hydrogen (secondary N) is 1. The van der Waals surface area contributed by atoms with Crippen molar-refractivity contribution >= 4 is 33.0 Å². The van der Waals surface area contributed by atoms with Gasteiger partial charge < -0.3 is 25.4 Å². The molecule has 0 aliphatic heterocycles. The number of carbonyl (C=O) groups is 1. The van der Waals surface area contributed by atoms with E-state index < -0.39 is 68.1 Å². The monoisotopic (exact) mass is 591 g/mol. The van der Waals surface area contributed by atoms with Gasteiger partial charge in [0, 0.05) is 23.4 Å². The summed E-state index contributed by atoms with van der Waals surface area (Å²) < 4.78 is 73.0. The Morgan fingerprint density at radius 3 is 2.28 bits per heavy atom. The first-order chi connectivity index (χ1) is 18.2. The molecule has 2 saturated carbocycles. The Hall–Kier alpha value is -2.22. The van der Waals surface area contributed by atoms with Crippen LogP contribution in [0.4, 0.5) is 18.9 Å². The number of amides is 1. The van der Waals surface area contributed by atoms with Crippen LogP contribution in [0.15, 0.2) is 35.2 Å². The van der Waals surface area contributed by atoms with E-state index in [1.165, 1.54) is 19.1 Å². The number of benzene rings is 2. The number of fused-ring (bicyclic) bond motifs is 2. The second-order valence-corrected chi connectivity index (χ2v) is 12.9.